The van der Waals surface area contributed by atoms with Gasteiger partial charge in [0.25, 0.3) is 22.9 Å². The first-order valence-corrected chi connectivity index (χ1v) is 19.8. The quantitative estimate of drug-likeness (QED) is 0.0596. The number of likely N-dealkylation sites (N-methyl/N-ethyl adjacent to an activating group) is 1. The zero-order valence-electron chi connectivity index (χ0n) is 34.6. The van der Waals surface area contributed by atoms with Crippen LogP contribution < -0.4 is 64.7 Å². The van der Waals surface area contributed by atoms with Crippen LogP contribution >= 0.6 is 0 Å². The maximum atomic E-state index is 12.3. The van der Waals surface area contributed by atoms with Crippen LogP contribution in [0, 0.1) is 0 Å². The SMILES string of the molecule is CN1c2c(nc(N)[nH]c2=O)NCC1CNc1ccc(C(=O)NC(CCC(=O)O)C(=O)O)cc1.Nc1nc2c(c(=O)[nH]1)N[C@@H](CNc1ccc(C(=O)NC(CCC(=O)O)C(=O)O)cc1)CN2. The van der Waals surface area contributed by atoms with Crippen LogP contribution in [0.25, 0.3) is 0 Å². The Morgan fingerprint density at radius 1 is 0.692 bits per heavy atom. The van der Waals surface area contributed by atoms with Gasteiger partial charge in [0.2, 0.25) is 11.9 Å². The highest BCUT2D eigenvalue weighted by molar-refractivity contribution is 5.97. The summed E-state index contributed by atoms with van der Waals surface area (Å²) in [5.74, 6) is -5.23. The lowest BCUT2D eigenvalue weighted by Crippen LogP contribution is -2.48. The third kappa shape index (κ3) is 13.2. The predicted octanol–water partition coefficient (Wildman–Crippen LogP) is -0.540. The molecular weight excluding hydrogens is 857 g/mol. The standard InChI is InChI=1S/C20H25N7O6.C19H23N7O6/c1-27-12(9-23-16-15(27)18(31)26-20(21)25-16)8-22-11-4-2-10(3-5-11)17(30)24-13(19(32)33)6-7-14(28)29;20-19-25-15-14(17(30)26-19)23-11(8-22-15)7-21-10-3-1-9(2-4-10)16(29)24-12(18(31)32)5-6-13(27)28/h2-5,12-13,22H,6-9H2,1H3,(H,24,30)(H,28,29)(H,32,33)(H4,21,23,25,26,31);1-4,11-12,21,23H,5-8H2,(H,24,29)(H,27,28)(H,31,32)(H4,20,22,25,26,30)/t;11-,12?/m.0/s1. The number of carboxylic acid groups (broad SMARTS) is 4. The van der Waals surface area contributed by atoms with Crippen molar-refractivity contribution >= 4 is 82.0 Å². The Kier molecular flexibility index (Phi) is 15.7. The number of aliphatic carboxylic acids is 4. The average Bonchev–Trinajstić information content (AvgIpc) is 3.25. The van der Waals surface area contributed by atoms with E-state index in [9.17, 15) is 43.5 Å². The Morgan fingerprint density at radius 2 is 1.15 bits per heavy atom. The van der Waals surface area contributed by atoms with E-state index in [4.69, 9.17) is 26.8 Å². The fourth-order valence-electron chi connectivity index (χ4n) is 6.52. The molecular formula is C39H48N14O12. The Morgan fingerprint density at radius 3 is 1.65 bits per heavy atom. The molecule has 0 spiro atoms. The minimum absolute atomic E-state index is 0.0281. The molecule has 2 aromatic heterocycles. The normalized spacial score (nSPS) is 15.6. The molecule has 6 rings (SSSR count). The average molecular weight is 905 g/mol. The van der Waals surface area contributed by atoms with Crippen LogP contribution in [0.4, 0.5) is 46.3 Å². The van der Waals surface area contributed by atoms with Crippen LogP contribution in [0.2, 0.25) is 0 Å². The summed E-state index contributed by atoms with van der Waals surface area (Å²) >= 11 is 0. The van der Waals surface area contributed by atoms with Gasteiger partial charge >= 0.3 is 23.9 Å². The lowest BCUT2D eigenvalue weighted by atomic mass is 10.1. The van der Waals surface area contributed by atoms with Crippen molar-refractivity contribution in [3.05, 3.63) is 80.4 Å². The van der Waals surface area contributed by atoms with Gasteiger partial charge in [-0.05, 0) is 61.4 Å². The van der Waals surface area contributed by atoms with Gasteiger partial charge in [-0.3, -0.25) is 38.7 Å². The lowest BCUT2D eigenvalue weighted by Gasteiger charge is -2.35. The summed E-state index contributed by atoms with van der Waals surface area (Å²) in [6.45, 7) is 1.97. The van der Waals surface area contributed by atoms with Crippen LogP contribution in [0.5, 0.6) is 0 Å². The van der Waals surface area contributed by atoms with E-state index in [0.717, 1.165) is 5.69 Å². The predicted molar refractivity (Wildman–Crippen MR) is 237 cm³/mol. The molecule has 4 heterocycles. The number of H-pyrrole nitrogens is 2. The number of amides is 2. The second-order valence-electron chi connectivity index (χ2n) is 14.7. The van der Waals surface area contributed by atoms with Gasteiger partial charge in [0.15, 0.2) is 11.6 Å². The minimum Gasteiger partial charge on any atom is -0.481 e. The van der Waals surface area contributed by atoms with Gasteiger partial charge in [0.1, 0.15) is 23.5 Å². The molecule has 26 heteroatoms. The van der Waals surface area contributed by atoms with E-state index >= 15 is 0 Å². The Bertz CT molecular complexity index is 2520. The lowest BCUT2D eigenvalue weighted by molar-refractivity contribution is -0.142. The number of fused-ring (bicyclic) bond motifs is 2. The summed E-state index contributed by atoms with van der Waals surface area (Å²) in [6.07, 6.45) is -1.17. The molecule has 65 heavy (non-hydrogen) atoms. The molecule has 346 valence electrons. The molecule has 26 nitrogen and oxygen atoms in total. The van der Waals surface area contributed by atoms with Crippen LogP contribution in [0.1, 0.15) is 46.4 Å². The number of nitrogens with two attached hydrogens (primary N) is 2. The highest BCUT2D eigenvalue weighted by atomic mass is 16.4. The molecule has 0 radical (unpaired) electrons. The van der Waals surface area contributed by atoms with Crippen molar-refractivity contribution in [2.75, 3.05) is 76.2 Å². The van der Waals surface area contributed by atoms with Crippen LogP contribution in [0.15, 0.2) is 58.1 Å². The van der Waals surface area contributed by atoms with Crippen molar-refractivity contribution in [2.24, 2.45) is 0 Å². The van der Waals surface area contributed by atoms with E-state index in [1.54, 1.807) is 31.3 Å². The fourth-order valence-corrected chi connectivity index (χ4v) is 6.52. The van der Waals surface area contributed by atoms with E-state index < -0.39 is 47.8 Å². The first-order valence-electron chi connectivity index (χ1n) is 19.8. The molecule has 4 atom stereocenters. The number of rotatable bonds is 18. The highest BCUT2D eigenvalue weighted by Crippen LogP contribution is 2.25. The number of hydrogen-bond donors (Lipinski definition) is 15. The molecule has 0 saturated carbocycles. The van der Waals surface area contributed by atoms with Gasteiger partial charge in [0, 0.05) is 68.6 Å². The number of carbonyl (C=O) groups is 6. The van der Waals surface area contributed by atoms with E-state index in [1.807, 2.05) is 4.90 Å². The molecule has 0 bridgehead atoms. The van der Waals surface area contributed by atoms with Gasteiger partial charge in [-0.1, -0.05) is 0 Å². The van der Waals surface area contributed by atoms with E-state index in [1.165, 1.54) is 24.3 Å². The number of nitrogen functional groups attached to an aromatic ring is 2. The molecule has 3 unspecified atom stereocenters. The van der Waals surface area contributed by atoms with Crippen molar-refractivity contribution in [2.45, 2.75) is 49.9 Å². The van der Waals surface area contributed by atoms with Crippen molar-refractivity contribution in [1.82, 2.24) is 30.6 Å². The zero-order chi connectivity index (χ0) is 47.4. The van der Waals surface area contributed by atoms with Gasteiger partial charge in [-0.2, -0.15) is 9.97 Å². The summed E-state index contributed by atoms with van der Waals surface area (Å²) in [6, 6.07) is 9.96. The summed E-state index contributed by atoms with van der Waals surface area (Å²) < 4.78 is 0. The van der Waals surface area contributed by atoms with Crippen molar-refractivity contribution in [1.29, 1.82) is 0 Å². The summed E-state index contributed by atoms with van der Waals surface area (Å²) in [4.78, 5) is 107. The maximum absolute atomic E-state index is 12.3. The number of anilines is 8. The van der Waals surface area contributed by atoms with Gasteiger partial charge < -0.3 is 74.0 Å². The van der Waals surface area contributed by atoms with Gasteiger partial charge in [0.05, 0.1) is 12.1 Å². The van der Waals surface area contributed by atoms with Gasteiger partial charge in [-0.15, -0.1) is 0 Å². The minimum atomic E-state index is -1.30. The topological polar surface area (TPSA) is 414 Å². The number of benzene rings is 2. The molecule has 2 amide bonds. The molecule has 0 aliphatic carbocycles. The highest BCUT2D eigenvalue weighted by Gasteiger charge is 2.28. The van der Waals surface area contributed by atoms with E-state index in [-0.39, 0.29) is 71.9 Å². The molecule has 2 aliphatic rings. The molecule has 2 aliphatic heterocycles. The van der Waals surface area contributed by atoms with Gasteiger partial charge in [-0.25, -0.2) is 9.59 Å². The first kappa shape index (κ1) is 47.5. The molecule has 0 fully saturated rings. The number of nitrogens with zero attached hydrogens (tertiary/aromatic N) is 3. The zero-order valence-corrected chi connectivity index (χ0v) is 34.6. The number of hydrogen-bond acceptors (Lipinski definition) is 18. The van der Waals surface area contributed by atoms with Crippen LogP contribution in [-0.4, -0.2) is 133 Å². The molecule has 0 saturated heterocycles. The third-order valence-corrected chi connectivity index (χ3v) is 10.0. The number of carboxylic acids is 4. The van der Waals surface area contributed by atoms with E-state index in [2.05, 4.69) is 57.2 Å². The monoisotopic (exact) mass is 904 g/mol. The Labute approximate surface area is 367 Å². The van der Waals surface area contributed by atoms with E-state index in [0.29, 0.717) is 54.9 Å². The van der Waals surface area contributed by atoms with Crippen LogP contribution in [0.3, 0.4) is 0 Å². The van der Waals surface area contributed by atoms with Crippen molar-refractivity contribution < 1.29 is 49.2 Å². The third-order valence-electron chi connectivity index (χ3n) is 10.0. The second-order valence-corrected chi connectivity index (χ2v) is 14.7. The number of carbonyl (C=O) groups excluding carboxylic acids is 2. The summed E-state index contributed by atoms with van der Waals surface area (Å²) in [7, 11) is 1.79. The summed E-state index contributed by atoms with van der Waals surface area (Å²) in [5, 5.41) is 56.1. The second kappa shape index (κ2) is 21.5. The van der Waals surface area contributed by atoms with Crippen molar-refractivity contribution in [3.8, 4) is 0 Å². The number of aromatic nitrogens is 4. The fraction of sp³-hybridized carbons (Fsp3) is 0.333. The largest absolute Gasteiger partial charge is 0.481 e. The first-order chi connectivity index (χ1) is 30.9. The number of nitrogens with one attached hydrogen (secondary N) is 9. The summed E-state index contributed by atoms with van der Waals surface area (Å²) in [5.41, 5.74) is 13.0. The Hall–Kier alpha value is -8.58. The maximum Gasteiger partial charge on any atom is 0.326 e. The molecule has 17 N–H and O–H groups in total. The smallest absolute Gasteiger partial charge is 0.326 e. The molecule has 4 aromatic rings. The Balaban J connectivity index is 0.000000244. The molecule has 2 aromatic carbocycles. The van der Waals surface area contributed by atoms with Crippen molar-refractivity contribution in [3.63, 3.8) is 0 Å². The van der Waals surface area contributed by atoms with Crippen LogP contribution in [-0.2, 0) is 19.2 Å². The number of aromatic amines is 2.